The Morgan fingerprint density at radius 3 is 2.67 bits per heavy atom. The van der Waals surface area contributed by atoms with Gasteiger partial charge in [0.25, 0.3) is 5.91 Å². The highest BCUT2D eigenvalue weighted by Crippen LogP contribution is 2.15. The van der Waals surface area contributed by atoms with E-state index in [0.717, 1.165) is 11.1 Å². The van der Waals surface area contributed by atoms with E-state index in [1.54, 1.807) is 17.4 Å². The fourth-order valence-electron chi connectivity index (χ4n) is 1.90. The highest BCUT2D eigenvalue weighted by Gasteiger charge is 2.11. The monoisotopic (exact) mass is 367 g/mol. The highest BCUT2D eigenvalue weighted by atomic mass is 32.2. The van der Waals surface area contributed by atoms with Gasteiger partial charge >= 0.3 is 5.97 Å². The van der Waals surface area contributed by atoms with Gasteiger partial charge in [-0.1, -0.05) is 12.1 Å². The minimum Gasteiger partial charge on any atom is -0.456 e. The number of nitrogens with one attached hydrogen (secondary N) is 1. The van der Waals surface area contributed by atoms with Gasteiger partial charge in [0, 0.05) is 16.8 Å². The van der Waals surface area contributed by atoms with Crippen molar-refractivity contribution in [3.05, 3.63) is 46.7 Å². The lowest BCUT2D eigenvalue weighted by molar-refractivity contribution is -0.147. The summed E-state index contributed by atoms with van der Waals surface area (Å²) in [4.78, 5) is 24.6. The molecule has 0 aliphatic rings. The molecule has 0 fully saturated rings. The van der Waals surface area contributed by atoms with E-state index in [-0.39, 0.29) is 11.3 Å². The largest absolute Gasteiger partial charge is 0.456 e. The first-order valence-electron chi connectivity index (χ1n) is 7.12. The van der Waals surface area contributed by atoms with E-state index < -0.39 is 28.3 Å². The number of benzene rings is 1. The molecule has 0 unspecified atom stereocenters. The molecule has 0 aliphatic heterocycles. The molecule has 0 aliphatic carbocycles. The molecule has 1 N–H and O–H groups in total. The van der Waals surface area contributed by atoms with Crippen LogP contribution < -0.4 is 5.32 Å². The first-order chi connectivity index (χ1) is 11.3. The topological polar surface area (TPSA) is 89.5 Å². The summed E-state index contributed by atoms with van der Waals surface area (Å²) in [7, 11) is -3.35. The molecule has 0 atom stereocenters. The fraction of sp³-hybridized carbons (Fsp3) is 0.250. The first-order valence-corrected chi connectivity index (χ1v) is 9.90. The number of ether oxygens (including phenoxy) is 1. The van der Waals surface area contributed by atoms with Crippen molar-refractivity contribution in [2.45, 2.75) is 17.7 Å². The number of rotatable bonds is 7. The SMILES string of the molecule is CS(=O)(=O)c1cccc(NC(=O)COC(=O)CCc2cccs2)c1. The van der Waals surface area contributed by atoms with Crippen molar-refractivity contribution in [1.29, 1.82) is 0 Å². The van der Waals surface area contributed by atoms with Crippen LogP contribution in [0.4, 0.5) is 5.69 Å². The summed E-state index contributed by atoms with van der Waals surface area (Å²) in [5, 5.41) is 4.43. The van der Waals surface area contributed by atoms with Crippen LogP contribution in [-0.4, -0.2) is 33.2 Å². The summed E-state index contributed by atoms with van der Waals surface area (Å²) in [6.45, 7) is -0.410. The molecular formula is C16H17NO5S2. The van der Waals surface area contributed by atoms with Crippen molar-refractivity contribution >= 4 is 38.7 Å². The van der Waals surface area contributed by atoms with Crippen LogP contribution in [0.2, 0.25) is 0 Å². The van der Waals surface area contributed by atoms with E-state index >= 15 is 0 Å². The van der Waals surface area contributed by atoms with Gasteiger partial charge < -0.3 is 10.1 Å². The second kappa shape index (κ2) is 8.07. The Kier molecular flexibility index (Phi) is 6.10. The molecule has 0 spiro atoms. The van der Waals surface area contributed by atoms with Crippen LogP contribution in [-0.2, 0) is 30.6 Å². The lowest BCUT2D eigenvalue weighted by Gasteiger charge is -2.07. The number of hydrogen-bond acceptors (Lipinski definition) is 6. The van der Waals surface area contributed by atoms with Gasteiger partial charge in [0.2, 0.25) is 0 Å². The molecule has 0 radical (unpaired) electrons. The van der Waals surface area contributed by atoms with Gasteiger partial charge in [-0.05, 0) is 36.1 Å². The first kappa shape index (κ1) is 18.2. The maximum atomic E-state index is 11.8. The summed E-state index contributed by atoms with van der Waals surface area (Å²) in [5.74, 6) is -0.978. The predicted octanol–water partition coefficient (Wildman–Crippen LogP) is 2.27. The normalized spacial score (nSPS) is 11.0. The average molecular weight is 367 g/mol. The zero-order chi connectivity index (χ0) is 17.6. The molecule has 1 aromatic heterocycles. The van der Waals surface area contributed by atoms with E-state index in [1.165, 1.54) is 18.2 Å². The second-order valence-corrected chi connectivity index (χ2v) is 8.14. The van der Waals surface area contributed by atoms with E-state index in [0.29, 0.717) is 12.1 Å². The molecule has 128 valence electrons. The van der Waals surface area contributed by atoms with E-state index in [4.69, 9.17) is 4.74 Å². The predicted molar refractivity (Wildman–Crippen MR) is 91.8 cm³/mol. The van der Waals surface area contributed by atoms with Crippen LogP contribution in [0.1, 0.15) is 11.3 Å². The Morgan fingerprint density at radius 2 is 2.00 bits per heavy atom. The number of carbonyl (C=O) groups is 2. The third kappa shape index (κ3) is 5.78. The average Bonchev–Trinajstić information content (AvgIpc) is 3.04. The minimum atomic E-state index is -3.35. The standard InChI is InChI=1S/C16H17NO5S2/c1-24(20,21)14-6-2-4-12(10-14)17-15(18)11-22-16(19)8-7-13-5-3-9-23-13/h2-6,9-10H,7-8,11H2,1H3,(H,17,18). The summed E-state index contributed by atoms with van der Waals surface area (Å²) in [5.41, 5.74) is 0.331. The van der Waals surface area contributed by atoms with E-state index in [1.807, 2.05) is 17.5 Å². The molecular weight excluding hydrogens is 350 g/mol. The van der Waals surface area contributed by atoms with E-state index in [2.05, 4.69) is 5.32 Å². The third-order valence-electron chi connectivity index (χ3n) is 3.07. The smallest absolute Gasteiger partial charge is 0.306 e. The van der Waals surface area contributed by atoms with Crippen molar-refractivity contribution < 1.29 is 22.7 Å². The Balaban J connectivity index is 1.80. The van der Waals surface area contributed by atoms with Gasteiger partial charge in [0.15, 0.2) is 16.4 Å². The van der Waals surface area contributed by atoms with Gasteiger partial charge in [0.1, 0.15) is 0 Å². The molecule has 1 aromatic carbocycles. The zero-order valence-corrected chi connectivity index (χ0v) is 14.7. The molecule has 6 nitrogen and oxygen atoms in total. The van der Waals surface area contributed by atoms with Gasteiger partial charge in [-0.25, -0.2) is 8.42 Å². The maximum absolute atomic E-state index is 11.8. The molecule has 1 heterocycles. The molecule has 0 saturated heterocycles. The minimum absolute atomic E-state index is 0.105. The van der Waals surface area contributed by atoms with Crippen molar-refractivity contribution in [2.75, 3.05) is 18.2 Å². The third-order valence-corrected chi connectivity index (χ3v) is 5.11. The summed E-state index contributed by atoms with van der Waals surface area (Å²) >= 11 is 1.56. The number of aryl methyl sites for hydroxylation is 1. The van der Waals surface area contributed by atoms with Crippen molar-refractivity contribution in [3.8, 4) is 0 Å². The Morgan fingerprint density at radius 1 is 1.21 bits per heavy atom. The van der Waals surface area contributed by atoms with Gasteiger partial charge in [0.05, 0.1) is 11.3 Å². The number of esters is 1. The lowest BCUT2D eigenvalue weighted by Crippen LogP contribution is -2.21. The number of thiophene rings is 1. The number of sulfone groups is 1. The molecule has 8 heteroatoms. The summed E-state index contributed by atoms with van der Waals surface area (Å²) in [6, 6.07) is 9.72. The lowest BCUT2D eigenvalue weighted by atomic mass is 10.3. The number of carbonyl (C=O) groups excluding carboxylic acids is 2. The Hall–Kier alpha value is -2.19. The van der Waals surface area contributed by atoms with Crippen molar-refractivity contribution in [2.24, 2.45) is 0 Å². The number of anilines is 1. The molecule has 0 saturated carbocycles. The van der Waals surface area contributed by atoms with Crippen LogP contribution in [0.3, 0.4) is 0 Å². The zero-order valence-electron chi connectivity index (χ0n) is 13.0. The maximum Gasteiger partial charge on any atom is 0.306 e. The number of hydrogen-bond donors (Lipinski definition) is 1. The Labute approximate surface area is 144 Å². The van der Waals surface area contributed by atoms with Crippen LogP contribution >= 0.6 is 11.3 Å². The molecule has 24 heavy (non-hydrogen) atoms. The van der Waals surface area contributed by atoms with Crippen LogP contribution in [0.25, 0.3) is 0 Å². The van der Waals surface area contributed by atoms with Gasteiger partial charge in [-0.2, -0.15) is 0 Å². The summed E-state index contributed by atoms with van der Waals surface area (Å²) < 4.78 is 27.9. The van der Waals surface area contributed by atoms with E-state index in [9.17, 15) is 18.0 Å². The van der Waals surface area contributed by atoms with Crippen LogP contribution in [0.15, 0.2) is 46.7 Å². The molecule has 2 aromatic rings. The van der Waals surface area contributed by atoms with Gasteiger partial charge in [-0.15, -0.1) is 11.3 Å². The van der Waals surface area contributed by atoms with Gasteiger partial charge in [-0.3, -0.25) is 9.59 Å². The molecule has 1 amide bonds. The fourth-order valence-corrected chi connectivity index (χ4v) is 3.28. The van der Waals surface area contributed by atoms with Crippen LogP contribution in [0.5, 0.6) is 0 Å². The van der Waals surface area contributed by atoms with Crippen molar-refractivity contribution in [1.82, 2.24) is 0 Å². The number of amides is 1. The summed E-state index contributed by atoms with van der Waals surface area (Å²) in [6.07, 6.45) is 1.87. The quantitative estimate of drug-likeness (QED) is 0.758. The second-order valence-electron chi connectivity index (χ2n) is 5.09. The molecule has 2 rings (SSSR count). The molecule has 0 bridgehead atoms. The highest BCUT2D eigenvalue weighted by molar-refractivity contribution is 7.90. The van der Waals surface area contributed by atoms with Crippen molar-refractivity contribution in [3.63, 3.8) is 0 Å². The van der Waals surface area contributed by atoms with Crippen LogP contribution in [0, 0.1) is 0 Å². The Bertz CT molecular complexity index is 813.